The first-order chi connectivity index (χ1) is 15.9. The minimum atomic E-state index is -0.650. The van der Waals surface area contributed by atoms with Gasteiger partial charge >= 0.3 is 5.97 Å². The topological polar surface area (TPSA) is 60.7 Å². The average molecular weight is 499 g/mol. The maximum absolute atomic E-state index is 13.5. The van der Waals surface area contributed by atoms with Crippen molar-refractivity contribution in [3.63, 3.8) is 0 Å². The first-order valence-corrected chi connectivity index (χ1v) is 11.8. The molecule has 2 heterocycles. The van der Waals surface area contributed by atoms with E-state index in [0.717, 1.165) is 5.56 Å². The standard InChI is InChI=1S/C25H20Cl2N2O3S/c1-3-32-24(31)22-15(2)28-25-29(20(22)12-9-16-7-5-4-6-8-16)23(30)21(33-25)13-17-10-11-18(26)14-19(17)27/h4-14,20H,3H2,1-2H3/b12-9-,21-13+/t20-/m1/s1. The molecule has 0 bridgehead atoms. The molecule has 0 saturated heterocycles. The Kier molecular flexibility index (Phi) is 6.98. The van der Waals surface area contributed by atoms with Crippen LogP contribution in [0.4, 0.5) is 0 Å². The van der Waals surface area contributed by atoms with Crippen molar-refractivity contribution in [1.29, 1.82) is 0 Å². The lowest BCUT2D eigenvalue weighted by Crippen LogP contribution is -2.38. The van der Waals surface area contributed by atoms with Crippen molar-refractivity contribution in [3.8, 4) is 0 Å². The van der Waals surface area contributed by atoms with Crippen molar-refractivity contribution in [2.24, 2.45) is 4.99 Å². The number of fused-ring (bicyclic) bond motifs is 1. The summed E-state index contributed by atoms with van der Waals surface area (Å²) in [5.74, 6) is -0.489. The molecule has 0 N–H and O–H groups in total. The third-order valence-electron chi connectivity index (χ3n) is 5.08. The van der Waals surface area contributed by atoms with E-state index in [1.807, 2.05) is 42.5 Å². The lowest BCUT2D eigenvalue weighted by Gasteiger charge is -2.21. The van der Waals surface area contributed by atoms with Gasteiger partial charge in [0.15, 0.2) is 4.80 Å². The fourth-order valence-corrected chi connectivity index (χ4v) is 5.05. The number of thiazole rings is 1. The average Bonchev–Trinajstić information content (AvgIpc) is 3.09. The SMILES string of the molecule is CCOC(=O)C1=C(C)N=c2s/c(=C/c3ccc(Cl)cc3Cl)c(=O)n2[C@@H]1/C=C\c1ccccc1. The highest BCUT2D eigenvalue weighted by atomic mass is 35.5. The van der Waals surface area contributed by atoms with E-state index in [0.29, 0.717) is 36.2 Å². The van der Waals surface area contributed by atoms with Crippen LogP contribution in [-0.4, -0.2) is 17.1 Å². The fraction of sp³-hybridized carbons (Fsp3) is 0.160. The van der Waals surface area contributed by atoms with Gasteiger partial charge in [0, 0.05) is 10.0 Å². The van der Waals surface area contributed by atoms with Gasteiger partial charge in [0.2, 0.25) is 0 Å². The van der Waals surface area contributed by atoms with E-state index in [4.69, 9.17) is 27.9 Å². The second kappa shape index (κ2) is 9.91. The fourth-order valence-electron chi connectivity index (χ4n) is 3.54. The molecule has 1 aliphatic rings. The maximum atomic E-state index is 13.5. The van der Waals surface area contributed by atoms with Gasteiger partial charge in [-0.2, -0.15) is 0 Å². The lowest BCUT2D eigenvalue weighted by atomic mass is 10.0. The number of nitrogens with zero attached hydrogens (tertiary/aromatic N) is 2. The van der Waals surface area contributed by atoms with Gasteiger partial charge in [-0.25, -0.2) is 9.79 Å². The number of halogens is 2. The normalized spacial score (nSPS) is 16.1. The van der Waals surface area contributed by atoms with Crippen molar-refractivity contribution >= 4 is 52.7 Å². The number of ether oxygens (including phenoxy) is 1. The van der Waals surface area contributed by atoms with E-state index in [-0.39, 0.29) is 12.2 Å². The predicted octanol–water partition coefficient (Wildman–Crippen LogP) is 4.77. The van der Waals surface area contributed by atoms with Gasteiger partial charge in [0.05, 0.1) is 28.5 Å². The van der Waals surface area contributed by atoms with Crippen molar-refractivity contribution < 1.29 is 9.53 Å². The molecule has 3 aromatic rings. The minimum absolute atomic E-state index is 0.226. The highest BCUT2D eigenvalue weighted by molar-refractivity contribution is 7.07. The van der Waals surface area contributed by atoms with E-state index in [9.17, 15) is 9.59 Å². The van der Waals surface area contributed by atoms with Crippen LogP contribution in [0.5, 0.6) is 0 Å². The molecular weight excluding hydrogens is 479 g/mol. The van der Waals surface area contributed by atoms with Crippen LogP contribution in [-0.2, 0) is 9.53 Å². The third-order valence-corrected chi connectivity index (χ3v) is 6.62. The molecule has 0 unspecified atom stereocenters. The largest absolute Gasteiger partial charge is 0.463 e. The summed E-state index contributed by atoms with van der Waals surface area (Å²) in [5.41, 5.74) is 2.22. The van der Waals surface area contributed by atoms with Gasteiger partial charge in [-0.15, -0.1) is 0 Å². The summed E-state index contributed by atoms with van der Waals surface area (Å²) in [4.78, 5) is 31.3. The van der Waals surface area contributed by atoms with E-state index in [1.165, 1.54) is 15.9 Å². The number of hydrogen-bond donors (Lipinski definition) is 0. The molecule has 33 heavy (non-hydrogen) atoms. The number of aromatic nitrogens is 1. The Morgan fingerprint density at radius 1 is 1.21 bits per heavy atom. The number of esters is 1. The van der Waals surface area contributed by atoms with Crippen LogP contribution in [0, 0.1) is 0 Å². The highest BCUT2D eigenvalue weighted by Crippen LogP contribution is 2.26. The summed E-state index contributed by atoms with van der Waals surface area (Å²) in [6.07, 6.45) is 5.43. The molecule has 1 aromatic heterocycles. The van der Waals surface area contributed by atoms with Crippen LogP contribution in [0.3, 0.4) is 0 Å². The zero-order chi connectivity index (χ0) is 23.5. The number of carbonyl (C=O) groups is 1. The molecular formula is C25H20Cl2N2O3S. The summed E-state index contributed by atoms with van der Waals surface area (Å²) in [7, 11) is 0. The molecule has 1 aliphatic heterocycles. The molecule has 168 valence electrons. The van der Waals surface area contributed by atoms with E-state index >= 15 is 0 Å². The summed E-state index contributed by atoms with van der Waals surface area (Å²) >= 11 is 13.5. The van der Waals surface area contributed by atoms with Gasteiger partial charge in [0.1, 0.15) is 0 Å². The molecule has 8 heteroatoms. The number of carbonyl (C=O) groups excluding carboxylic acids is 1. The number of hydrogen-bond acceptors (Lipinski definition) is 5. The molecule has 1 atom stereocenters. The Morgan fingerprint density at radius 2 is 1.97 bits per heavy atom. The van der Waals surface area contributed by atoms with E-state index < -0.39 is 12.0 Å². The molecule has 5 nitrogen and oxygen atoms in total. The second-order valence-corrected chi connectivity index (χ2v) is 9.13. The lowest BCUT2D eigenvalue weighted by molar-refractivity contribution is -0.139. The maximum Gasteiger partial charge on any atom is 0.338 e. The zero-order valence-corrected chi connectivity index (χ0v) is 20.2. The quantitative estimate of drug-likeness (QED) is 0.476. The Balaban J connectivity index is 1.89. The van der Waals surface area contributed by atoms with Gasteiger partial charge in [0.25, 0.3) is 5.56 Å². The number of allylic oxidation sites excluding steroid dienone is 2. The Morgan fingerprint density at radius 3 is 2.67 bits per heavy atom. The van der Waals surface area contributed by atoms with Crippen molar-refractivity contribution in [2.45, 2.75) is 19.9 Å². The minimum Gasteiger partial charge on any atom is -0.463 e. The Labute approximate surface area is 204 Å². The highest BCUT2D eigenvalue weighted by Gasteiger charge is 2.30. The first-order valence-electron chi connectivity index (χ1n) is 10.3. The summed E-state index contributed by atoms with van der Waals surface area (Å²) in [5, 5.41) is 0.955. The van der Waals surface area contributed by atoms with Crippen LogP contribution in [0.1, 0.15) is 31.0 Å². The van der Waals surface area contributed by atoms with Gasteiger partial charge in [-0.1, -0.05) is 83.1 Å². The monoisotopic (exact) mass is 498 g/mol. The van der Waals surface area contributed by atoms with Crippen molar-refractivity contribution in [2.75, 3.05) is 6.61 Å². The van der Waals surface area contributed by atoms with Gasteiger partial charge in [-0.3, -0.25) is 9.36 Å². The molecule has 0 saturated carbocycles. The molecule has 0 spiro atoms. The van der Waals surface area contributed by atoms with Crippen LogP contribution in [0.25, 0.3) is 12.2 Å². The Bertz CT molecular complexity index is 1450. The molecule has 2 aromatic carbocycles. The number of rotatable bonds is 5. The summed E-state index contributed by atoms with van der Waals surface area (Å²) in [6.45, 7) is 3.72. The molecule has 0 fully saturated rings. The third kappa shape index (κ3) is 4.88. The van der Waals surface area contributed by atoms with Gasteiger partial charge in [-0.05, 0) is 43.2 Å². The van der Waals surface area contributed by atoms with Crippen molar-refractivity contribution in [1.82, 2.24) is 4.57 Å². The van der Waals surface area contributed by atoms with Crippen LogP contribution in [0.15, 0.2) is 75.7 Å². The summed E-state index contributed by atoms with van der Waals surface area (Å²) < 4.78 is 7.26. The van der Waals surface area contributed by atoms with Gasteiger partial charge < -0.3 is 4.74 Å². The predicted molar refractivity (Wildman–Crippen MR) is 133 cm³/mol. The molecule has 0 radical (unpaired) electrons. The number of benzene rings is 2. The van der Waals surface area contributed by atoms with Crippen LogP contribution < -0.4 is 14.9 Å². The van der Waals surface area contributed by atoms with Crippen LogP contribution in [0.2, 0.25) is 10.0 Å². The second-order valence-electron chi connectivity index (χ2n) is 7.28. The van der Waals surface area contributed by atoms with E-state index in [1.54, 1.807) is 38.1 Å². The zero-order valence-electron chi connectivity index (χ0n) is 17.9. The van der Waals surface area contributed by atoms with E-state index in [2.05, 4.69) is 4.99 Å². The molecule has 4 rings (SSSR count). The molecule has 0 amide bonds. The smallest absolute Gasteiger partial charge is 0.338 e. The van der Waals surface area contributed by atoms with Crippen LogP contribution >= 0.6 is 34.5 Å². The first kappa shape index (κ1) is 23.2. The van der Waals surface area contributed by atoms with Crippen molar-refractivity contribution in [3.05, 3.63) is 107 Å². The molecule has 0 aliphatic carbocycles. The summed E-state index contributed by atoms with van der Waals surface area (Å²) in [6, 6.07) is 14.1. The Hall–Kier alpha value is -2.93.